The first-order chi connectivity index (χ1) is 15.9. The SMILES string of the molecule is COc1ccc(C2=NN(C3CCN(C=CCl)CC3)C(=O)C2(C)C)cc1OCc1ccccc1. The van der Waals surface area contributed by atoms with Crippen molar-refractivity contribution in [3.63, 3.8) is 0 Å². The van der Waals surface area contributed by atoms with Crippen molar-refractivity contribution >= 4 is 23.2 Å². The first-order valence-corrected chi connectivity index (χ1v) is 11.7. The number of likely N-dealkylation sites (tertiary alicyclic amines) is 1. The molecule has 0 saturated carbocycles. The Morgan fingerprint density at radius 2 is 1.85 bits per heavy atom. The van der Waals surface area contributed by atoms with Crippen LogP contribution in [0.3, 0.4) is 0 Å². The number of piperidine rings is 1. The van der Waals surface area contributed by atoms with Gasteiger partial charge >= 0.3 is 0 Å². The van der Waals surface area contributed by atoms with Gasteiger partial charge in [0.25, 0.3) is 5.91 Å². The van der Waals surface area contributed by atoms with Gasteiger partial charge in [-0.2, -0.15) is 5.10 Å². The molecule has 0 bridgehead atoms. The number of benzene rings is 2. The van der Waals surface area contributed by atoms with Gasteiger partial charge in [-0.1, -0.05) is 41.9 Å². The van der Waals surface area contributed by atoms with Crippen LogP contribution in [-0.2, 0) is 11.4 Å². The summed E-state index contributed by atoms with van der Waals surface area (Å²) in [6.07, 6.45) is 3.60. The highest BCUT2D eigenvalue weighted by Gasteiger charge is 2.46. The van der Waals surface area contributed by atoms with Gasteiger partial charge in [0.15, 0.2) is 11.5 Å². The maximum Gasteiger partial charge on any atom is 0.254 e. The molecule has 1 saturated heterocycles. The number of carbonyl (C=O) groups is 1. The Morgan fingerprint density at radius 1 is 1.12 bits per heavy atom. The molecule has 1 fully saturated rings. The van der Waals surface area contributed by atoms with Gasteiger partial charge in [-0.25, -0.2) is 5.01 Å². The summed E-state index contributed by atoms with van der Waals surface area (Å²) in [7, 11) is 1.62. The molecule has 2 heterocycles. The van der Waals surface area contributed by atoms with Crippen LogP contribution >= 0.6 is 11.6 Å². The normalized spacial score (nSPS) is 18.7. The van der Waals surface area contributed by atoms with Gasteiger partial charge < -0.3 is 14.4 Å². The number of hydrogen-bond donors (Lipinski definition) is 0. The third-order valence-electron chi connectivity index (χ3n) is 6.33. The zero-order valence-corrected chi connectivity index (χ0v) is 20.1. The topological polar surface area (TPSA) is 54.4 Å². The van der Waals surface area contributed by atoms with E-state index in [9.17, 15) is 4.79 Å². The van der Waals surface area contributed by atoms with E-state index in [1.807, 2.05) is 68.6 Å². The molecule has 0 spiro atoms. The second-order valence-corrected chi connectivity index (χ2v) is 9.16. The quantitative estimate of drug-likeness (QED) is 0.573. The van der Waals surface area contributed by atoms with Gasteiger partial charge in [-0.3, -0.25) is 4.79 Å². The van der Waals surface area contributed by atoms with E-state index in [2.05, 4.69) is 4.90 Å². The molecule has 6 nitrogen and oxygen atoms in total. The van der Waals surface area contributed by atoms with E-state index in [4.69, 9.17) is 26.2 Å². The summed E-state index contributed by atoms with van der Waals surface area (Å²) in [6, 6.07) is 15.8. The average Bonchev–Trinajstić information content (AvgIpc) is 3.08. The van der Waals surface area contributed by atoms with Crippen LogP contribution in [0.5, 0.6) is 11.5 Å². The Morgan fingerprint density at radius 3 is 2.52 bits per heavy atom. The van der Waals surface area contributed by atoms with Crippen LogP contribution in [0.25, 0.3) is 0 Å². The number of nitrogens with zero attached hydrogens (tertiary/aromatic N) is 3. The number of carbonyl (C=O) groups excluding carboxylic acids is 1. The minimum Gasteiger partial charge on any atom is -0.493 e. The lowest BCUT2D eigenvalue weighted by molar-refractivity contribution is -0.138. The second kappa shape index (κ2) is 9.87. The van der Waals surface area contributed by atoms with Crippen molar-refractivity contribution in [2.45, 2.75) is 39.3 Å². The lowest BCUT2D eigenvalue weighted by atomic mass is 9.83. The van der Waals surface area contributed by atoms with E-state index in [-0.39, 0.29) is 11.9 Å². The van der Waals surface area contributed by atoms with E-state index < -0.39 is 5.41 Å². The fourth-order valence-electron chi connectivity index (χ4n) is 4.36. The monoisotopic (exact) mass is 467 g/mol. The van der Waals surface area contributed by atoms with Gasteiger partial charge in [0.2, 0.25) is 0 Å². The molecule has 0 aliphatic carbocycles. The van der Waals surface area contributed by atoms with Crippen LogP contribution in [0, 0.1) is 5.41 Å². The maximum atomic E-state index is 13.3. The predicted molar refractivity (Wildman–Crippen MR) is 131 cm³/mol. The van der Waals surface area contributed by atoms with Crippen LogP contribution in [-0.4, -0.2) is 47.8 Å². The molecular weight excluding hydrogens is 438 g/mol. The fourth-order valence-corrected chi connectivity index (χ4v) is 4.52. The standard InChI is InChI=1S/C26H30ClN3O3/c1-26(2)24(28-30(25(26)31)21-11-14-29(15-12-21)16-13-27)20-9-10-22(32-3)23(17-20)33-18-19-7-5-4-6-8-19/h4-10,13,16-17,21H,11-12,14-15,18H2,1-3H3. The lowest BCUT2D eigenvalue weighted by Gasteiger charge is -2.34. The van der Waals surface area contributed by atoms with Crippen molar-refractivity contribution in [3.8, 4) is 11.5 Å². The highest BCUT2D eigenvalue weighted by Crippen LogP contribution is 2.38. The summed E-state index contributed by atoms with van der Waals surface area (Å²) in [5.41, 5.74) is 3.49. The molecule has 2 aliphatic rings. The van der Waals surface area contributed by atoms with E-state index in [0.717, 1.165) is 42.8 Å². The highest BCUT2D eigenvalue weighted by atomic mass is 35.5. The molecule has 1 amide bonds. The smallest absolute Gasteiger partial charge is 0.254 e. The number of hydrazone groups is 1. The second-order valence-electron chi connectivity index (χ2n) is 8.91. The van der Waals surface area contributed by atoms with Crippen LogP contribution in [0.1, 0.15) is 37.8 Å². The maximum absolute atomic E-state index is 13.3. The first kappa shape index (κ1) is 23.2. The number of methoxy groups -OCH3 is 1. The molecule has 4 rings (SSSR count). The molecular formula is C26H30ClN3O3. The zero-order valence-electron chi connectivity index (χ0n) is 19.3. The summed E-state index contributed by atoms with van der Waals surface area (Å²) in [5, 5.41) is 6.54. The van der Waals surface area contributed by atoms with Crippen molar-refractivity contribution in [3.05, 3.63) is 71.4 Å². The molecule has 2 aromatic rings. The Balaban J connectivity index is 1.57. The molecule has 174 valence electrons. The Kier molecular flexibility index (Phi) is 6.94. The van der Waals surface area contributed by atoms with Gasteiger partial charge in [0, 0.05) is 30.4 Å². The van der Waals surface area contributed by atoms with Crippen molar-refractivity contribution in [2.75, 3.05) is 20.2 Å². The third kappa shape index (κ3) is 4.86. The molecule has 0 radical (unpaired) electrons. The van der Waals surface area contributed by atoms with Crippen LogP contribution < -0.4 is 9.47 Å². The molecule has 33 heavy (non-hydrogen) atoms. The summed E-state index contributed by atoms with van der Waals surface area (Å²) >= 11 is 5.71. The van der Waals surface area contributed by atoms with E-state index >= 15 is 0 Å². The molecule has 0 unspecified atom stereocenters. The van der Waals surface area contributed by atoms with E-state index in [1.54, 1.807) is 12.1 Å². The number of ether oxygens (including phenoxy) is 2. The average molecular weight is 468 g/mol. The van der Waals surface area contributed by atoms with Crippen molar-refractivity contribution in [1.29, 1.82) is 0 Å². The highest BCUT2D eigenvalue weighted by molar-refractivity contribution is 6.25. The Hall–Kier alpha value is -2.99. The fraction of sp³-hybridized carbons (Fsp3) is 0.385. The molecule has 0 N–H and O–H groups in total. The van der Waals surface area contributed by atoms with Gasteiger partial charge in [0.05, 0.1) is 24.3 Å². The minimum absolute atomic E-state index is 0.0337. The van der Waals surface area contributed by atoms with Crippen molar-refractivity contribution in [1.82, 2.24) is 9.91 Å². The number of halogens is 1. The summed E-state index contributed by atoms with van der Waals surface area (Å²) in [6.45, 7) is 6.01. The number of hydrogen-bond acceptors (Lipinski definition) is 5. The number of rotatable bonds is 7. The van der Waals surface area contributed by atoms with Crippen LogP contribution in [0.2, 0.25) is 0 Å². The van der Waals surface area contributed by atoms with Crippen molar-refractivity contribution < 1.29 is 14.3 Å². The lowest BCUT2D eigenvalue weighted by Crippen LogP contribution is -2.45. The Bertz CT molecular complexity index is 1040. The minimum atomic E-state index is -0.724. The molecule has 7 heteroatoms. The molecule has 0 aromatic heterocycles. The van der Waals surface area contributed by atoms with Crippen LogP contribution in [0.15, 0.2) is 65.4 Å². The van der Waals surface area contributed by atoms with Gasteiger partial charge in [0.1, 0.15) is 6.61 Å². The molecule has 2 aliphatic heterocycles. The number of amides is 1. The predicted octanol–water partition coefficient (Wildman–Crippen LogP) is 5.02. The van der Waals surface area contributed by atoms with E-state index in [1.165, 1.54) is 5.54 Å². The summed E-state index contributed by atoms with van der Waals surface area (Å²) in [5.74, 6) is 1.31. The zero-order chi connectivity index (χ0) is 23.4. The third-order valence-corrected chi connectivity index (χ3v) is 6.44. The van der Waals surface area contributed by atoms with Gasteiger partial charge in [-0.15, -0.1) is 0 Å². The van der Waals surface area contributed by atoms with E-state index in [0.29, 0.717) is 18.1 Å². The van der Waals surface area contributed by atoms with Crippen molar-refractivity contribution in [2.24, 2.45) is 10.5 Å². The first-order valence-electron chi connectivity index (χ1n) is 11.2. The molecule has 2 aromatic carbocycles. The summed E-state index contributed by atoms with van der Waals surface area (Å²) < 4.78 is 11.6. The van der Waals surface area contributed by atoms with Crippen LogP contribution in [0.4, 0.5) is 0 Å². The van der Waals surface area contributed by atoms with Gasteiger partial charge in [-0.05, 0) is 50.5 Å². The molecule has 0 atom stereocenters. The Labute approximate surface area is 200 Å². The summed E-state index contributed by atoms with van der Waals surface area (Å²) in [4.78, 5) is 15.5. The largest absolute Gasteiger partial charge is 0.493 e.